The third kappa shape index (κ3) is 4.91. The average Bonchev–Trinajstić information content (AvgIpc) is 2.45. The van der Waals surface area contributed by atoms with Gasteiger partial charge in [-0.1, -0.05) is 49.3 Å². The number of nitrogens with zero attached hydrogens (tertiary/aromatic N) is 2. The molecule has 0 fully saturated rings. The van der Waals surface area contributed by atoms with E-state index >= 15 is 0 Å². The maximum Gasteiger partial charge on any atom is 0.147 e. The zero-order chi connectivity index (χ0) is 14.1. The average molecular weight is 263 g/mol. The Labute approximate surface area is 115 Å². The van der Waals surface area contributed by atoms with Gasteiger partial charge in [0.15, 0.2) is 0 Å². The zero-order valence-corrected chi connectivity index (χ0v) is 11.9. The predicted octanol–water partition coefficient (Wildman–Crippen LogP) is 2.64. The van der Waals surface area contributed by atoms with Crippen LogP contribution in [-0.4, -0.2) is 35.6 Å². The second-order valence-electron chi connectivity index (χ2n) is 4.79. The van der Waals surface area contributed by atoms with E-state index in [1.54, 1.807) is 0 Å². The van der Waals surface area contributed by atoms with Gasteiger partial charge in [0.25, 0.3) is 0 Å². The SMILES string of the molecule is CCCN(CCC)CC(C(N)=NO)c1ccccc1. The van der Waals surface area contributed by atoms with Gasteiger partial charge in [-0.2, -0.15) is 0 Å². The lowest BCUT2D eigenvalue weighted by molar-refractivity contribution is 0.267. The lowest BCUT2D eigenvalue weighted by atomic mass is 9.97. The molecule has 0 aliphatic heterocycles. The van der Waals surface area contributed by atoms with Crippen molar-refractivity contribution in [2.24, 2.45) is 10.9 Å². The Balaban J connectivity index is 2.86. The molecule has 1 unspecified atom stereocenters. The third-order valence-electron chi connectivity index (χ3n) is 3.19. The smallest absolute Gasteiger partial charge is 0.147 e. The van der Waals surface area contributed by atoms with Crippen molar-refractivity contribution in [1.82, 2.24) is 4.90 Å². The van der Waals surface area contributed by atoms with Crippen LogP contribution < -0.4 is 5.73 Å². The van der Waals surface area contributed by atoms with Crippen LogP contribution in [0.1, 0.15) is 38.2 Å². The molecule has 19 heavy (non-hydrogen) atoms. The summed E-state index contributed by atoms with van der Waals surface area (Å²) in [4.78, 5) is 2.37. The molecule has 0 aliphatic rings. The standard InChI is InChI=1S/C15H25N3O/c1-3-10-18(11-4-2)12-14(15(16)17-19)13-8-6-5-7-9-13/h5-9,14,19H,3-4,10-12H2,1-2H3,(H2,16,17). The van der Waals surface area contributed by atoms with Gasteiger partial charge < -0.3 is 15.8 Å². The Morgan fingerprint density at radius 2 is 1.79 bits per heavy atom. The third-order valence-corrected chi connectivity index (χ3v) is 3.19. The maximum atomic E-state index is 8.98. The van der Waals surface area contributed by atoms with Crippen LogP contribution in [0.2, 0.25) is 0 Å². The molecule has 0 saturated heterocycles. The number of benzene rings is 1. The van der Waals surface area contributed by atoms with Gasteiger partial charge >= 0.3 is 0 Å². The molecular weight excluding hydrogens is 238 g/mol. The summed E-state index contributed by atoms with van der Waals surface area (Å²) in [6.45, 7) is 7.21. The molecule has 106 valence electrons. The van der Waals surface area contributed by atoms with E-state index in [1.165, 1.54) is 0 Å². The maximum absolute atomic E-state index is 8.98. The van der Waals surface area contributed by atoms with Gasteiger partial charge in [0, 0.05) is 6.54 Å². The Morgan fingerprint density at radius 3 is 2.26 bits per heavy atom. The minimum absolute atomic E-state index is 0.0516. The fourth-order valence-electron chi connectivity index (χ4n) is 2.31. The van der Waals surface area contributed by atoms with E-state index in [-0.39, 0.29) is 11.8 Å². The van der Waals surface area contributed by atoms with Crippen LogP contribution in [0.5, 0.6) is 0 Å². The molecule has 0 aliphatic carbocycles. The summed E-state index contributed by atoms with van der Waals surface area (Å²) in [7, 11) is 0. The van der Waals surface area contributed by atoms with Crippen LogP contribution in [0.4, 0.5) is 0 Å². The van der Waals surface area contributed by atoms with E-state index in [4.69, 9.17) is 10.9 Å². The van der Waals surface area contributed by atoms with Crippen molar-refractivity contribution in [2.75, 3.05) is 19.6 Å². The van der Waals surface area contributed by atoms with Gasteiger partial charge in [0.2, 0.25) is 0 Å². The molecule has 0 amide bonds. The molecule has 0 aromatic heterocycles. The molecule has 4 heteroatoms. The largest absolute Gasteiger partial charge is 0.409 e. The number of hydrogen-bond donors (Lipinski definition) is 2. The molecule has 1 aromatic rings. The zero-order valence-electron chi connectivity index (χ0n) is 11.9. The van der Waals surface area contributed by atoms with Crippen LogP contribution in [0.3, 0.4) is 0 Å². The normalized spacial score (nSPS) is 13.7. The van der Waals surface area contributed by atoms with Gasteiger partial charge in [-0.15, -0.1) is 0 Å². The summed E-state index contributed by atoms with van der Waals surface area (Å²) in [5.74, 6) is 0.229. The van der Waals surface area contributed by atoms with Crippen molar-refractivity contribution >= 4 is 5.84 Å². The summed E-state index contributed by atoms with van der Waals surface area (Å²) in [5, 5.41) is 12.2. The van der Waals surface area contributed by atoms with Crippen molar-refractivity contribution in [3.63, 3.8) is 0 Å². The van der Waals surface area contributed by atoms with E-state index in [2.05, 4.69) is 23.9 Å². The fraction of sp³-hybridized carbons (Fsp3) is 0.533. The molecule has 0 bridgehead atoms. The summed E-state index contributed by atoms with van der Waals surface area (Å²) < 4.78 is 0. The first-order chi connectivity index (χ1) is 9.22. The Kier molecular flexibility index (Phi) is 6.97. The molecule has 1 atom stereocenters. The Hall–Kier alpha value is -1.55. The highest BCUT2D eigenvalue weighted by Gasteiger charge is 2.19. The number of amidine groups is 1. The molecule has 0 heterocycles. The van der Waals surface area contributed by atoms with E-state index < -0.39 is 0 Å². The quantitative estimate of drug-likeness (QED) is 0.328. The van der Waals surface area contributed by atoms with Crippen molar-refractivity contribution < 1.29 is 5.21 Å². The molecule has 3 N–H and O–H groups in total. The molecule has 0 spiro atoms. The summed E-state index contributed by atoms with van der Waals surface area (Å²) in [6.07, 6.45) is 2.22. The summed E-state index contributed by atoms with van der Waals surface area (Å²) >= 11 is 0. The van der Waals surface area contributed by atoms with Gasteiger partial charge in [0.05, 0.1) is 5.92 Å². The van der Waals surface area contributed by atoms with E-state index in [0.717, 1.165) is 38.0 Å². The van der Waals surface area contributed by atoms with E-state index in [0.29, 0.717) is 0 Å². The van der Waals surface area contributed by atoms with Crippen LogP contribution >= 0.6 is 0 Å². The van der Waals surface area contributed by atoms with E-state index in [1.807, 2.05) is 30.3 Å². The minimum Gasteiger partial charge on any atom is -0.409 e. The first-order valence-electron chi connectivity index (χ1n) is 6.97. The van der Waals surface area contributed by atoms with Crippen molar-refractivity contribution in [3.05, 3.63) is 35.9 Å². The number of rotatable bonds is 8. The predicted molar refractivity (Wildman–Crippen MR) is 79.6 cm³/mol. The Morgan fingerprint density at radius 1 is 1.21 bits per heavy atom. The van der Waals surface area contributed by atoms with Crippen LogP contribution in [0, 0.1) is 0 Å². The van der Waals surface area contributed by atoms with Gasteiger partial charge in [-0.25, -0.2) is 0 Å². The Bertz CT molecular complexity index is 372. The highest BCUT2D eigenvalue weighted by molar-refractivity contribution is 5.87. The van der Waals surface area contributed by atoms with Crippen molar-refractivity contribution in [1.29, 1.82) is 0 Å². The molecule has 1 rings (SSSR count). The van der Waals surface area contributed by atoms with Gasteiger partial charge in [-0.05, 0) is 31.5 Å². The van der Waals surface area contributed by atoms with Crippen LogP contribution in [0.15, 0.2) is 35.5 Å². The second-order valence-corrected chi connectivity index (χ2v) is 4.79. The van der Waals surface area contributed by atoms with Crippen LogP contribution in [0.25, 0.3) is 0 Å². The summed E-state index contributed by atoms with van der Waals surface area (Å²) in [5.41, 5.74) is 6.96. The molecule has 1 aromatic carbocycles. The first-order valence-corrected chi connectivity index (χ1v) is 6.97. The van der Waals surface area contributed by atoms with Gasteiger partial charge in [0.1, 0.15) is 5.84 Å². The molecule has 0 radical (unpaired) electrons. The van der Waals surface area contributed by atoms with E-state index in [9.17, 15) is 0 Å². The highest BCUT2D eigenvalue weighted by Crippen LogP contribution is 2.17. The van der Waals surface area contributed by atoms with Crippen molar-refractivity contribution in [3.8, 4) is 0 Å². The number of nitrogens with two attached hydrogens (primary N) is 1. The lowest BCUT2D eigenvalue weighted by Crippen LogP contribution is -2.36. The molecule has 0 saturated carbocycles. The highest BCUT2D eigenvalue weighted by atomic mass is 16.4. The minimum atomic E-state index is -0.0516. The summed E-state index contributed by atoms with van der Waals surface area (Å²) in [6, 6.07) is 9.99. The molecule has 4 nitrogen and oxygen atoms in total. The topological polar surface area (TPSA) is 61.8 Å². The van der Waals surface area contributed by atoms with Gasteiger partial charge in [-0.3, -0.25) is 0 Å². The first kappa shape index (κ1) is 15.5. The number of hydrogen-bond acceptors (Lipinski definition) is 3. The van der Waals surface area contributed by atoms with Crippen molar-refractivity contribution in [2.45, 2.75) is 32.6 Å². The monoisotopic (exact) mass is 263 g/mol. The second kappa shape index (κ2) is 8.53. The lowest BCUT2D eigenvalue weighted by Gasteiger charge is -2.26. The van der Waals surface area contributed by atoms with Crippen LogP contribution in [-0.2, 0) is 0 Å². The molecular formula is C15H25N3O. The number of oxime groups is 1. The fourth-order valence-corrected chi connectivity index (χ4v) is 2.31.